The molecule has 0 spiro atoms. The van der Waals surface area contributed by atoms with E-state index in [4.69, 9.17) is 0 Å². The van der Waals surface area contributed by atoms with E-state index < -0.39 is 11.8 Å². The molecule has 124 valence electrons. The fourth-order valence-corrected chi connectivity index (χ4v) is 2.96. The van der Waals surface area contributed by atoms with Crippen LogP contribution in [0, 0.1) is 6.92 Å². The number of benzene rings is 2. The number of anilines is 1. The SMILES string of the molecule is Cc1ccc2c(c1)N(C(=O)C(=O)NCc1ccccc1CO)CC2. The van der Waals surface area contributed by atoms with E-state index in [1.54, 1.807) is 6.07 Å². The number of rotatable bonds is 3. The van der Waals surface area contributed by atoms with Crippen LogP contribution in [0.4, 0.5) is 5.69 Å². The van der Waals surface area contributed by atoms with Crippen molar-refractivity contribution in [2.24, 2.45) is 0 Å². The van der Waals surface area contributed by atoms with E-state index in [1.165, 1.54) is 4.90 Å². The van der Waals surface area contributed by atoms with Gasteiger partial charge in [0.25, 0.3) is 0 Å². The number of hydrogen-bond acceptors (Lipinski definition) is 3. The first-order chi connectivity index (χ1) is 11.6. The molecule has 5 heteroatoms. The number of carbonyl (C=O) groups excluding carboxylic acids is 2. The third-order valence-electron chi connectivity index (χ3n) is 4.30. The van der Waals surface area contributed by atoms with Crippen molar-refractivity contribution in [2.75, 3.05) is 11.4 Å². The van der Waals surface area contributed by atoms with Crippen LogP contribution in [0.3, 0.4) is 0 Å². The van der Waals surface area contributed by atoms with Crippen molar-refractivity contribution in [3.63, 3.8) is 0 Å². The molecule has 2 amide bonds. The zero-order valence-electron chi connectivity index (χ0n) is 13.6. The smallest absolute Gasteiger partial charge is 0.316 e. The van der Waals surface area contributed by atoms with Crippen LogP contribution in [-0.4, -0.2) is 23.5 Å². The number of nitrogens with one attached hydrogen (secondary N) is 1. The third kappa shape index (κ3) is 3.16. The van der Waals surface area contributed by atoms with Gasteiger partial charge in [-0.2, -0.15) is 0 Å². The molecule has 0 unspecified atom stereocenters. The molecule has 1 aliphatic rings. The molecule has 2 aromatic rings. The summed E-state index contributed by atoms with van der Waals surface area (Å²) in [6, 6.07) is 13.2. The molecule has 0 aromatic heterocycles. The standard InChI is InChI=1S/C19H20N2O3/c1-13-6-7-14-8-9-21(17(14)10-13)19(24)18(23)20-11-15-4-2-3-5-16(15)12-22/h2-7,10,22H,8-9,11-12H2,1H3,(H,20,23). The van der Waals surface area contributed by atoms with Gasteiger partial charge in [-0.05, 0) is 41.7 Å². The number of hydrogen-bond donors (Lipinski definition) is 2. The van der Waals surface area contributed by atoms with Crippen LogP contribution in [0.25, 0.3) is 0 Å². The lowest BCUT2D eigenvalue weighted by atomic mass is 10.1. The largest absolute Gasteiger partial charge is 0.392 e. The minimum atomic E-state index is -0.628. The Hall–Kier alpha value is -2.66. The molecule has 3 rings (SSSR count). The topological polar surface area (TPSA) is 69.6 Å². The van der Waals surface area contributed by atoms with Crippen LogP contribution in [0.5, 0.6) is 0 Å². The Labute approximate surface area is 140 Å². The predicted octanol–water partition coefficient (Wildman–Crippen LogP) is 1.69. The van der Waals surface area contributed by atoms with Gasteiger partial charge in [-0.15, -0.1) is 0 Å². The highest BCUT2D eigenvalue weighted by molar-refractivity contribution is 6.40. The first kappa shape index (κ1) is 16.2. The van der Waals surface area contributed by atoms with Gasteiger partial charge in [-0.3, -0.25) is 9.59 Å². The Balaban J connectivity index is 1.68. The van der Waals surface area contributed by atoms with Crippen molar-refractivity contribution in [1.29, 1.82) is 0 Å². The molecule has 0 saturated heterocycles. The number of aliphatic hydroxyl groups is 1. The van der Waals surface area contributed by atoms with Crippen LogP contribution in [0.2, 0.25) is 0 Å². The highest BCUT2D eigenvalue weighted by Gasteiger charge is 2.29. The van der Waals surface area contributed by atoms with Crippen molar-refractivity contribution in [1.82, 2.24) is 5.32 Å². The normalized spacial score (nSPS) is 12.8. The molecule has 0 bridgehead atoms. The van der Waals surface area contributed by atoms with E-state index >= 15 is 0 Å². The van der Waals surface area contributed by atoms with E-state index in [1.807, 2.05) is 43.3 Å². The Morgan fingerprint density at radius 1 is 1.17 bits per heavy atom. The Bertz CT molecular complexity index is 786. The Morgan fingerprint density at radius 2 is 1.92 bits per heavy atom. The highest BCUT2D eigenvalue weighted by Crippen LogP contribution is 2.28. The van der Waals surface area contributed by atoms with Gasteiger partial charge in [0.2, 0.25) is 0 Å². The molecule has 0 saturated carbocycles. The predicted molar refractivity (Wildman–Crippen MR) is 91.4 cm³/mol. The van der Waals surface area contributed by atoms with Crippen LogP contribution in [0.15, 0.2) is 42.5 Å². The summed E-state index contributed by atoms with van der Waals surface area (Å²) in [7, 11) is 0. The summed E-state index contributed by atoms with van der Waals surface area (Å²) in [5.41, 5.74) is 4.52. The first-order valence-corrected chi connectivity index (χ1v) is 7.97. The summed E-state index contributed by atoms with van der Waals surface area (Å²) in [5.74, 6) is -1.17. The maximum atomic E-state index is 12.5. The lowest BCUT2D eigenvalue weighted by Gasteiger charge is -2.17. The average Bonchev–Trinajstić information content (AvgIpc) is 3.02. The van der Waals surface area contributed by atoms with Gasteiger partial charge in [0, 0.05) is 18.8 Å². The maximum absolute atomic E-state index is 12.5. The molecular weight excluding hydrogens is 304 g/mol. The van der Waals surface area contributed by atoms with Gasteiger partial charge in [-0.25, -0.2) is 0 Å². The van der Waals surface area contributed by atoms with Gasteiger partial charge in [0.1, 0.15) is 0 Å². The van der Waals surface area contributed by atoms with Gasteiger partial charge in [-0.1, -0.05) is 36.4 Å². The quantitative estimate of drug-likeness (QED) is 0.844. The monoisotopic (exact) mass is 324 g/mol. The molecule has 5 nitrogen and oxygen atoms in total. The first-order valence-electron chi connectivity index (χ1n) is 7.97. The fraction of sp³-hybridized carbons (Fsp3) is 0.263. The van der Waals surface area contributed by atoms with Crippen LogP contribution < -0.4 is 10.2 Å². The second kappa shape index (κ2) is 6.84. The van der Waals surface area contributed by atoms with E-state index in [9.17, 15) is 14.7 Å². The zero-order valence-corrected chi connectivity index (χ0v) is 13.6. The van der Waals surface area contributed by atoms with E-state index in [-0.39, 0.29) is 13.2 Å². The minimum absolute atomic E-state index is 0.0984. The van der Waals surface area contributed by atoms with Crippen molar-refractivity contribution in [3.8, 4) is 0 Å². The molecule has 1 aliphatic heterocycles. The second-order valence-electron chi connectivity index (χ2n) is 5.95. The van der Waals surface area contributed by atoms with E-state index in [0.29, 0.717) is 6.54 Å². The molecular formula is C19H20N2O3. The van der Waals surface area contributed by atoms with E-state index in [2.05, 4.69) is 5.32 Å². The van der Waals surface area contributed by atoms with Crippen molar-refractivity contribution < 1.29 is 14.7 Å². The summed E-state index contributed by atoms with van der Waals surface area (Å²) in [6.45, 7) is 2.61. The lowest BCUT2D eigenvalue weighted by Crippen LogP contribution is -2.42. The van der Waals surface area contributed by atoms with Crippen LogP contribution in [0.1, 0.15) is 22.3 Å². The number of fused-ring (bicyclic) bond motifs is 1. The Kier molecular flexibility index (Phi) is 4.62. The molecule has 0 radical (unpaired) electrons. The molecule has 0 atom stereocenters. The summed E-state index contributed by atoms with van der Waals surface area (Å²) in [4.78, 5) is 26.2. The number of aryl methyl sites for hydroxylation is 1. The van der Waals surface area contributed by atoms with Gasteiger partial charge < -0.3 is 15.3 Å². The average molecular weight is 324 g/mol. The number of amides is 2. The van der Waals surface area contributed by atoms with Crippen molar-refractivity contribution in [2.45, 2.75) is 26.5 Å². The summed E-state index contributed by atoms with van der Waals surface area (Å²) in [5, 5.41) is 12.0. The van der Waals surface area contributed by atoms with Gasteiger partial charge >= 0.3 is 11.8 Å². The zero-order chi connectivity index (χ0) is 17.1. The molecule has 0 fully saturated rings. The summed E-state index contributed by atoms with van der Waals surface area (Å²) < 4.78 is 0. The van der Waals surface area contributed by atoms with Crippen LogP contribution in [-0.2, 0) is 29.2 Å². The highest BCUT2D eigenvalue weighted by atomic mass is 16.3. The van der Waals surface area contributed by atoms with Crippen molar-refractivity contribution >= 4 is 17.5 Å². The third-order valence-corrected chi connectivity index (χ3v) is 4.30. The summed E-state index contributed by atoms with van der Waals surface area (Å²) >= 11 is 0. The van der Waals surface area contributed by atoms with Crippen molar-refractivity contribution in [3.05, 3.63) is 64.7 Å². The van der Waals surface area contributed by atoms with Gasteiger partial charge in [0.15, 0.2) is 0 Å². The molecule has 2 aromatic carbocycles. The summed E-state index contributed by atoms with van der Waals surface area (Å²) in [6.07, 6.45) is 0.766. The number of nitrogens with zero attached hydrogens (tertiary/aromatic N) is 1. The number of aliphatic hydroxyl groups excluding tert-OH is 1. The number of carbonyl (C=O) groups is 2. The molecule has 1 heterocycles. The van der Waals surface area contributed by atoms with E-state index in [0.717, 1.165) is 34.4 Å². The maximum Gasteiger partial charge on any atom is 0.316 e. The Morgan fingerprint density at radius 3 is 2.67 bits per heavy atom. The van der Waals surface area contributed by atoms with Gasteiger partial charge in [0.05, 0.1) is 6.61 Å². The molecule has 24 heavy (non-hydrogen) atoms. The molecule has 2 N–H and O–H groups in total. The van der Waals surface area contributed by atoms with Crippen LogP contribution >= 0.6 is 0 Å². The molecule has 0 aliphatic carbocycles. The second-order valence-corrected chi connectivity index (χ2v) is 5.95. The lowest BCUT2D eigenvalue weighted by molar-refractivity contribution is -0.137. The fourth-order valence-electron chi connectivity index (χ4n) is 2.96. The minimum Gasteiger partial charge on any atom is -0.392 e.